The van der Waals surface area contributed by atoms with Gasteiger partial charge in [-0.3, -0.25) is 0 Å². The summed E-state index contributed by atoms with van der Waals surface area (Å²) in [6.07, 6.45) is 2.24. The number of halogens is 1. The van der Waals surface area contributed by atoms with E-state index >= 15 is 0 Å². The number of alkyl halides is 1. The predicted octanol–water partition coefficient (Wildman–Crippen LogP) is 3.54. The van der Waals surface area contributed by atoms with Crippen molar-refractivity contribution in [2.24, 2.45) is 13.0 Å². The summed E-state index contributed by atoms with van der Waals surface area (Å²) in [7, 11) is 2.10. The van der Waals surface area contributed by atoms with Crippen molar-refractivity contribution < 1.29 is 0 Å². The van der Waals surface area contributed by atoms with Gasteiger partial charge in [-0.05, 0) is 24.5 Å². The maximum absolute atomic E-state index is 4.67. The van der Waals surface area contributed by atoms with Crippen LogP contribution in [0.4, 0.5) is 0 Å². The SMILES string of the molecule is CC(CBr)CCc1nc2ccccc2n1C. The number of aryl methyl sites for hydroxylation is 2. The predicted molar refractivity (Wildman–Crippen MR) is 72.0 cm³/mol. The van der Waals surface area contributed by atoms with Gasteiger partial charge in [0.2, 0.25) is 0 Å². The van der Waals surface area contributed by atoms with Gasteiger partial charge >= 0.3 is 0 Å². The first kappa shape index (κ1) is 11.6. The molecule has 0 fully saturated rings. The highest BCUT2D eigenvalue weighted by Gasteiger charge is 2.08. The molecule has 1 heterocycles. The third-order valence-corrected chi connectivity index (χ3v) is 4.11. The zero-order chi connectivity index (χ0) is 11.5. The van der Waals surface area contributed by atoms with E-state index in [1.807, 2.05) is 6.07 Å². The van der Waals surface area contributed by atoms with E-state index in [9.17, 15) is 0 Å². The van der Waals surface area contributed by atoms with E-state index in [4.69, 9.17) is 0 Å². The number of hydrogen-bond donors (Lipinski definition) is 0. The van der Waals surface area contributed by atoms with Crippen molar-refractivity contribution in [1.82, 2.24) is 9.55 Å². The number of hydrogen-bond acceptors (Lipinski definition) is 1. The highest BCUT2D eigenvalue weighted by Crippen LogP contribution is 2.17. The molecule has 86 valence electrons. The standard InChI is InChI=1S/C13H17BrN2/c1-10(9-14)7-8-13-15-11-5-3-4-6-12(11)16(13)2/h3-6,10H,7-9H2,1-2H3. The summed E-state index contributed by atoms with van der Waals surface area (Å²) < 4.78 is 2.20. The van der Waals surface area contributed by atoms with Crippen molar-refractivity contribution in [3.05, 3.63) is 30.1 Å². The van der Waals surface area contributed by atoms with E-state index in [-0.39, 0.29) is 0 Å². The normalized spacial score (nSPS) is 13.2. The fraction of sp³-hybridized carbons (Fsp3) is 0.462. The zero-order valence-electron chi connectivity index (χ0n) is 9.78. The van der Waals surface area contributed by atoms with E-state index < -0.39 is 0 Å². The maximum Gasteiger partial charge on any atom is 0.109 e. The van der Waals surface area contributed by atoms with Gasteiger partial charge in [0.25, 0.3) is 0 Å². The summed E-state index contributed by atoms with van der Waals surface area (Å²) in [5.41, 5.74) is 2.33. The van der Waals surface area contributed by atoms with E-state index in [0.29, 0.717) is 5.92 Å². The minimum Gasteiger partial charge on any atom is -0.331 e. The summed E-state index contributed by atoms with van der Waals surface area (Å²) in [5, 5.41) is 1.07. The number of para-hydroxylation sites is 2. The molecule has 16 heavy (non-hydrogen) atoms. The lowest BCUT2D eigenvalue weighted by Gasteiger charge is -2.06. The summed E-state index contributed by atoms with van der Waals surface area (Å²) >= 11 is 3.51. The van der Waals surface area contributed by atoms with Crippen LogP contribution in [-0.4, -0.2) is 14.9 Å². The van der Waals surface area contributed by atoms with Gasteiger partial charge in [-0.1, -0.05) is 35.0 Å². The summed E-state index contributed by atoms with van der Waals surface area (Å²) in [6, 6.07) is 8.31. The second-order valence-electron chi connectivity index (χ2n) is 4.37. The van der Waals surface area contributed by atoms with Gasteiger partial charge in [0.15, 0.2) is 0 Å². The fourth-order valence-corrected chi connectivity index (χ4v) is 2.20. The Morgan fingerprint density at radius 3 is 2.81 bits per heavy atom. The van der Waals surface area contributed by atoms with Gasteiger partial charge in [-0.25, -0.2) is 4.98 Å². The molecule has 0 N–H and O–H groups in total. The highest BCUT2D eigenvalue weighted by atomic mass is 79.9. The molecule has 0 aliphatic carbocycles. The Kier molecular flexibility index (Phi) is 3.64. The molecule has 0 saturated heterocycles. The van der Waals surface area contributed by atoms with E-state index in [0.717, 1.165) is 17.3 Å². The van der Waals surface area contributed by atoms with Crippen molar-refractivity contribution >= 4 is 27.0 Å². The van der Waals surface area contributed by atoms with Gasteiger partial charge in [0.05, 0.1) is 11.0 Å². The monoisotopic (exact) mass is 280 g/mol. The molecule has 1 aromatic carbocycles. The fourth-order valence-electron chi connectivity index (χ4n) is 1.87. The lowest BCUT2D eigenvalue weighted by atomic mass is 10.1. The summed E-state index contributed by atoms with van der Waals surface area (Å²) in [6.45, 7) is 2.26. The third kappa shape index (κ3) is 2.29. The van der Waals surface area contributed by atoms with E-state index in [2.05, 4.69) is 57.7 Å². The van der Waals surface area contributed by atoms with Crippen LogP contribution < -0.4 is 0 Å². The van der Waals surface area contributed by atoms with Crippen molar-refractivity contribution in [3.63, 3.8) is 0 Å². The van der Waals surface area contributed by atoms with Crippen molar-refractivity contribution in [3.8, 4) is 0 Å². The van der Waals surface area contributed by atoms with Crippen LogP contribution in [0.1, 0.15) is 19.2 Å². The molecule has 1 aromatic heterocycles. The number of fused-ring (bicyclic) bond motifs is 1. The number of benzene rings is 1. The first-order valence-electron chi connectivity index (χ1n) is 5.68. The van der Waals surface area contributed by atoms with Crippen LogP contribution in [0.3, 0.4) is 0 Å². The Morgan fingerprint density at radius 1 is 1.38 bits per heavy atom. The quantitative estimate of drug-likeness (QED) is 0.784. The molecule has 1 atom stereocenters. The van der Waals surface area contributed by atoms with Crippen molar-refractivity contribution in [2.75, 3.05) is 5.33 Å². The van der Waals surface area contributed by atoms with Crippen LogP contribution in [0.15, 0.2) is 24.3 Å². The molecule has 1 unspecified atom stereocenters. The van der Waals surface area contributed by atoms with Gasteiger partial charge in [-0.2, -0.15) is 0 Å². The first-order chi connectivity index (χ1) is 7.72. The lowest BCUT2D eigenvalue weighted by molar-refractivity contribution is 0.579. The molecule has 0 amide bonds. The molecule has 0 spiro atoms. The van der Waals surface area contributed by atoms with E-state index in [1.165, 1.54) is 17.8 Å². The molecule has 2 rings (SSSR count). The summed E-state index contributed by atoms with van der Waals surface area (Å²) in [5.74, 6) is 1.90. The Bertz CT molecular complexity index is 476. The number of imidazole rings is 1. The smallest absolute Gasteiger partial charge is 0.109 e. The van der Waals surface area contributed by atoms with Crippen molar-refractivity contribution in [1.29, 1.82) is 0 Å². The average molecular weight is 281 g/mol. The minimum atomic E-state index is 0.708. The number of rotatable bonds is 4. The Morgan fingerprint density at radius 2 is 2.12 bits per heavy atom. The maximum atomic E-state index is 4.67. The van der Waals surface area contributed by atoms with Crippen molar-refractivity contribution in [2.45, 2.75) is 19.8 Å². The second kappa shape index (κ2) is 5.00. The molecule has 0 bridgehead atoms. The van der Waals surface area contributed by atoms with Crippen LogP contribution in [0, 0.1) is 5.92 Å². The van der Waals surface area contributed by atoms with Gasteiger partial charge in [0, 0.05) is 18.8 Å². The molecule has 0 aliphatic heterocycles. The minimum absolute atomic E-state index is 0.708. The Balaban J connectivity index is 2.21. The molecule has 0 aliphatic rings. The number of nitrogens with zero attached hydrogens (tertiary/aromatic N) is 2. The Hall–Kier alpha value is -0.830. The third-order valence-electron chi connectivity index (χ3n) is 3.00. The Labute approximate surface area is 105 Å². The average Bonchev–Trinajstić information content (AvgIpc) is 2.64. The largest absolute Gasteiger partial charge is 0.331 e. The van der Waals surface area contributed by atoms with Crippen LogP contribution >= 0.6 is 15.9 Å². The molecule has 2 aromatic rings. The topological polar surface area (TPSA) is 17.8 Å². The van der Waals surface area contributed by atoms with E-state index in [1.54, 1.807) is 0 Å². The molecule has 3 heteroatoms. The lowest BCUT2D eigenvalue weighted by Crippen LogP contribution is -2.03. The zero-order valence-corrected chi connectivity index (χ0v) is 11.4. The molecule has 2 nitrogen and oxygen atoms in total. The second-order valence-corrected chi connectivity index (χ2v) is 5.02. The first-order valence-corrected chi connectivity index (χ1v) is 6.81. The molecular formula is C13H17BrN2. The van der Waals surface area contributed by atoms with Gasteiger partial charge in [-0.15, -0.1) is 0 Å². The highest BCUT2D eigenvalue weighted by molar-refractivity contribution is 9.09. The van der Waals surface area contributed by atoms with Crippen LogP contribution in [0.25, 0.3) is 11.0 Å². The summed E-state index contributed by atoms with van der Waals surface area (Å²) in [4.78, 5) is 4.67. The molecule has 0 radical (unpaired) electrons. The van der Waals surface area contributed by atoms with Gasteiger partial charge in [0.1, 0.15) is 5.82 Å². The molecule has 0 saturated carbocycles. The van der Waals surface area contributed by atoms with Crippen LogP contribution in [0.5, 0.6) is 0 Å². The molecular weight excluding hydrogens is 264 g/mol. The van der Waals surface area contributed by atoms with Gasteiger partial charge < -0.3 is 4.57 Å². The van der Waals surface area contributed by atoms with Crippen LogP contribution in [0.2, 0.25) is 0 Å². The number of aromatic nitrogens is 2. The van der Waals surface area contributed by atoms with Crippen LogP contribution in [-0.2, 0) is 13.5 Å².